The summed E-state index contributed by atoms with van der Waals surface area (Å²) >= 11 is 8.19. The van der Waals surface area contributed by atoms with Crippen molar-refractivity contribution in [3.05, 3.63) is 15.1 Å². The molecule has 5 nitrogen and oxygen atoms in total. The fourth-order valence-corrected chi connectivity index (χ4v) is 3.59. The maximum Gasteiger partial charge on any atom is 0.228 e. The highest BCUT2D eigenvalue weighted by Crippen LogP contribution is 2.30. The van der Waals surface area contributed by atoms with E-state index in [4.69, 9.17) is 21.1 Å². The maximum atomic E-state index is 5.95. The molecule has 0 atom stereocenters. The Kier molecular flexibility index (Phi) is 5.50. The van der Waals surface area contributed by atoms with Crippen molar-refractivity contribution in [1.29, 1.82) is 0 Å². The molecule has 0 saturated heterocycles. The second-order valence-electron chi connectivity index (χ2n) is 6.00. The first-order valence-corrected chi connectivity index (χ1v) is 11.8. The summed E-state index contributed by atoms with van der Waals surface area (Å²) < 4.78 is 14.0. The molecule has 8 heteroatoms. The lowest BCUT2D eigenvalue weighted by Crippen LogP contribution is -2.22. The number of rotatable bonds is 6. The van der Waals surface area contributed by atoms with Crippen LogP contribution in [0.5, 0.6) is 5.88 Å². The van der Waals surface area contributed by atoms with Crippen LogP contribution in [0.3, 0.4) is 0 Å². The van der Waals surface area contributed by atoms with Crippen molar-refractivity contribution in [3.8, 4) is 5.88 Å². The first-order valence-electron chi connectivity index (χ1n) is 6.65. The van der Waals surface area contributed by atoms with Gasteiger partial charge in [-0.05, 0) is 40.2 Å². The van der Waals surface area contributed by atoms with E-state index in [2.05, 4.69) is 52.2 Å². The fraction of sp³-hybridized carbons (Fsp3) is 0.538. The summed E-state index contributed by atoms with van der Waals surface area (Å²) in [5, 5.41) is 1.05. The summed E-state index contributed by atoms with van der Waals surface area (Å²) in [6.07, 6.45) is 1.98. The molecule has 21 heavy (non-hydrogen) atoms. The summed E-state index contributed by atoms with van der Waals surface area (Å²) in [5.74, 6) is 0.496. The highest BCUT2D eigenvalue weighted by molar-refractivity contribution is 14.1. The van der Waals surface area contributed by atoms with Gasteiger partial charge in [-0.15, -0.1) is 0 Å². The predicted molar refractivity (Wildman–Crippen MR) is 95.9 cm³/mol. The van der Waals surface area contributed by atoms with Crippen LogP contribution in [0.2, 0.25) is 31.0 Å². The Morgan fingerprint density at radius 3 is 2.67 bits per heavy atom. The zero-order valence-electron chi connectivity index (χ0n) is 12.6. The van der Waals surface area contributed by atoms with Crippen LogP contribution in [0, 0.1) is 3.57 Å². The van der Waals surface area contributed by atoms with Crippen molar-refractivity contribution in [1.82, 2.24) is 14.5 Å². The van der Waals surface area contributed by atoms with E-state index >= 15 is 0 Å². The summed E-state index contributed by atoms with van der Waals surface area (Å²) in [6.45, 7) is 8.23. The second kappa shape index (κ2) is 6.80. The van der Waals surface area contributed by atoms with E-state index in [9.17, 15) is 0 Å². The van der Waals surface area contributed by atoms with E-state index < -0.39 is 8.07 Å². The average molecular weight is 440 g/mol. The fourth-order valence-electron chi connectivity index (χ4n) is 1.87. The van der Waals surface area contributed by atoms with Crippen LogP contribution in [-0.4, -0.2) is 36.3 Å². The molecule has 0 fully saturated rings. The SMILES string of the molecule is COc1nc(Cl)nc2c1c(I)cn2COCC[Si](C)(C)C. The molecule has 2 heterocycles. The highest BCUT2D eigenvalue weighted by Gasteiger charge is 2.16. The molecule has 0 spiro atoms. The van der Waals surface area contributed by atoms with E-state index in [1.165, 1.54) is 0 Å². The van der Waals surface area contributed by atoms with Crippen LogP contribution < -0.4 is 4.74 Å². The number of methoxy groups -OCH3 is 1. The smallest absolute Gasteiger partial charge is 0.228 e. The highest BCUT2D eigenvalue weighted by atomic mass is 127. The summed E-state index contributed by atoms with van der Waals surface area (Å²) in [6, 6.07) is 1.14. The Balaban J connectivity index is 2.19. The zero-order valence-corrected chi connectivity index (χ0v) is 16.5. The normalized spacial score (nSPS) is 12.1. The van der Waals surface area contributed by atoms with Crippen molar-refractivity contribution in [2.45, 2.75) is 32.4 Å². The number of fused-ring (bicyclic) bond motifs is 1. The number of halogens is 2. The van der Waals surface area contributed by atoms with Crippen molar-refractivity contribution < 1.29 is 9.47 Å². The monoisotopic (exact) mass is 439 g/mol. The van der Waals surface area contributed by atoms with Gasteiger partial charge in [-0.25, -0.2) is 0 Å². The van der Waals surface area contributed by atoms with E-state index in [1.807, 2.05) is 10.8 Å². The van der Waals surface area contributed by atoms with Gasteiger partial charge in [-0.1, -0.05) is 19.6 Å². The van der Waals surface area contributed by atoms with Gasteiger partial charge in [0, 0.05) is 24.4 Å². The van der Waals surface area contributed by atoms with Gasteiger partial charge in [0.25, 0.3) is 0 Å². The maximum absolute atomic E-state index is 5.95. The zero-order chi connectivity index (χ0) is 15.6. The minimum Gasteiger partial charge on any atom is -0.480 e. The first kappa shape index (κ1) is 17.0. The molecule has 0 N–H and O–H groups in total. The Bertz CT molecular complexity index is 642. The van der Waals surface area contributed by atoms with Crippen molar-refractivity contribution in [2.75, 3.05) is 13.7 Å². The molecular weight excluding hydrogens is 421 g/mol. The Labute approximate surface area is 144 Å². The third kappa shape index (κ3) is 4.30. The number of hydrogen-bond donors (Lipinski definition) is 0. The van der Waals surface area contributed by atoms with Crippen LogP contribution in [-0.2, 0) is 11.5 Å². The van der Waals surface area contributed by atoms with Crippen LogP contribution in [0.4, 0.5) is 0 Å². The molecular formula is C13H19ClIN3O2Si. The molecule has 0 aliphatic heterocycles. The molecule has 0 saturated carbocycles. The predicted octanol–water partition coefficient (Wildman–Crippen LogP) is 4.01. The molecule has 0 unspecified atom stereocenters. The van der Waals surface area contributed by atoms with Gasteiger partial charge in [0.1, 0.15) is 6.73 Å². The lowest BCUT2D eigenvalue weighted by atomic mass is 10.4. The Morgan fingerprint density at radius 2 is 2.05 bits per heavy atom. The van der Waals surface area contributed by atoms with Crippen molar-refractivity contribution >= 4 is 53.3 Å². The minimum absolute atomic E-state index is 0.178. The van der Waals surface area contributed by atoms with Crippen LogP contribution in [0.15, 0.2) is 6.20 Å². The largest absolute Gasteiger partial charge is 0.480 e. The van der Waals surface area contributed by atoms with E-state index in [-0.39, 0.29) is 5.28 Å². The van der Waals surface area contributed by atoms with Gasteiger partial charge in [0.15, 0.2) is 5.65 Å². The molecule has 0 amide bonds. The lowest BCUT2D eigenvalue weighted by Gasteiger charge is -2.15. The molecule has 0 bridgehead atoms. The average Bonchev–Trinajstić information content (AvgIpc) is 2.69. The number of hydrogen-bond acceptors (Lipinski definition) is 4. The van der Waals surface area contributed by atoms with Gasteiger partial charge in [0.05, 0.1) is 12.5 Å². The summed E-state index contributed by atoms with van der Waals surface area (Å²) in [4.78, 5) is 8.40. The first-order chi connectivity index (χ1) is 9.81. The molecule has 2 rings (SSSR count). The van der Waals surface area contributed by atoms with Gasteiger partial charge >= 0.3 is 0 Å². The molecule has 2 aromatic rings. The number of nitrogens with zero attached hydrogens (tertiary/aromatic N) is 3. The molecule has 0 aliphatic carbocycles. The van der Waals surface area contributed by atoms with Crippen molar-refractivity contribution in [2.24, 2.45) is 0 Å². The van der Waals surface area contributed by atoms with E-state index in [0.717, 1.165) is 27.3 Å². The third-order valence-corrected chi connectivity index (χ3v) is 5.72. The molecule has 2 aromatic heterocycles. The Hall–Kier alpha value is -0.383. The van der Waals surface area contributed by atoms with Gasteiger partial charge in [-0.2, -0.15) is 9.97 Å². The minimum atomic E-state index is -1.07. The van der Waals surface area contributed by atoms with Gasteiger partial charge in [-0.3, -0.25) is 0 Å². The lowest BCUT2D eigenvalue weighted by molar-refractivity contribution is 0.0898. The van der Waals surface area contributed by atoms with E-state index in [0.29, 0.717) is 12.6 Å². The van der Waals surface area contributed by atoms with Crippen LogP contribution in [0.25, 0.3) is 11.0 Å². The van der Waals surface area contributed by atoms with Crippen LogP contribution >= 0.6 is 34.2 Å². The Morgan fingerprint density at radius 1 is 1.33 bits per heavy atom. The second-order valence-corrected chi connectivity index (χ2v) is 13.1. The topological polar surface area (TPSA) is 49.2 Å². The van der Waals surface area contributed by atoms with Crippen LogP contribution in [0.1, 0.15) is 0 Å². The summed E-state index contributed by atoms with van der Waals surface area (Å²) in [7, 11) is 0.509. The quantitative estimate of drug-likeness (QED) is 0.295. The summed E-state index contributed by atoms with van der Waals surface area (Å²) in [5.41, 5.74) is 0.740. The van der Waals surface area contributed by atoms with Gasteiger partial charge < -0.3 is 14.0 Å². The van der Waals surface area contributed by atoms with Crippen molar-refractivity contribution in [3.63, 3.8) is 0 Å². The molecule has 0 radical (unpaired) electrons. The molecule has 0 aliphatic rings. The van der Waals surface area contributed by atoms with E-state index in [1.54, 1.807) is 7.11 Å². The number of ether oxygens (including phenoxy) is 2. The van der Waals surface area contributed by atoms with Gasteiger partial charge in [0.2, 0.25) is 11.2 Å². The number of aromatic nitrogens is 3. The standard InChI is InChI=1S/C13H19ClIN3O2Si/c1-19-12-10-9(15)7-18(11(10)16-13(14)17-12)8-20-5-6-21(2,3)4/h7H,5-6,8H2,1-4H3. The third-order valence-electron chi connectivity index (χ3n) is 3.03. The molecule has 0 aromatic carbocycles. The molecule has 116 valence electrons.